The normalized spacial score (nSPS) is 9.94. The van der Waals surface area contributed by atoms with Crippen LogP contribution in [0.2, 0.25) is 5.02 Å². The van der Waals surface area contributed by atoms with Crippen molar-refractivity contribution in [3.63, 3.8) is 0 Å². The molecule has 0 atom stereocenters. The van der Waals surface area contributed by atoms with E-state index in [-0.39, 0.29) is 24.8 Å². The molecule has 0 aliphatic heterocycles. The fourth-order valence-corrected chi connectivity index (χ4v) is 1.64. The highest BCUT2D eigenvalue weighted by Gasteiger charge is 2.11. The summed E-state index contributed by atoms with van der Waals surface area (Å²) in [5.74, 6) is -0.610. The summed E-state index contributed by atoms with van der Waals surface area (Å²) in [6.45, 7) is 4.15. The van der Waals surface area contributed by atoms with Crippen LogP contribution in [0.1, 0.15) is 29.3 Å². The van der Waals surface area contributed by atoms with Crippen LogP contribution in [0.4, 0.5) is 0 Å². The predicted molar refractivity (Wildman–Crippen MR) is 69.8 cm³/mol. The van der Waals surface area contributed by atoms with E-state index < -0.39 is 0 Å². The number of esters is 1. The summed E-state index contributed by atoms with van der Waals surface area (Å²) >= 11 is 6.03. The summed E-state index contributed by atoms with van der Waals surface area (Å²) in [7, 11) is 0. The molecule has 0 saturated heterocycles. The van der Waals surface area contributed by atoms with E-state index in [9.17, 15) is 9.59 Å². The van der Waals surface area contributed by atoms with Gasteiger partial charge in [-0.3, -0.25) is 9.59 Å². The zero-order chi connectivity index (χ0) is 13.5. The fourth-order valence-electron chi connectivity index (χ4n) is 1.43. The lowest BCUT2D eigenvalue weighted by Crippen LogP contribution is -2.26. The molecule has 1 aromatic rings. The third kappa shape index (κ3) is 4.04. The molecule has 0 aliphatic carbocycles. The highest BCUT2D eigenvalue weighted by atomic mass is 35.5. The van der Waals surface area contributed by atoms with Gasteiger partial charge in [-0.1, -0.05) is 23.7 Å². The Hall–Kier alpha value is -1.55. The first-order valence-electron chi connectivity index (χ1n) is 5.75. The van der Waals surface area contributed by atoms with E-state index in [1.165, 1.54) is 0 Å². The minimum atomic E-state index is -0.326. The first kappa shape index (κ1) is 14.5. The highest BCUT2D eigenvalue weighted by molar-refractivity contribution is 6.34. The second-order valence-electron chi connectivity index (χ2n) is 3.75. The van der Waals surface area contributed by atoms with Gasteiger partial charge in [0.25, 0.3) is 5.91 Å². The molecule has 0 saturated carbocycles. The Kier molecular flexibility index (Phi) is 5.65. The number of aryl methyl sites for hydroxylation is 1. The minimum Gasteiger partial charge on any atom is -0.466 e. The van der Waals surface area contributed by atoms with E-state index in [2.05, 4.69) is 5.32 Å². The minimum absolute atomic E-state index is 0.156. The van der Waals surface area contributed by atoms with E-state index in [0.717, 1.165) is 5.56 Å². The van der Waals surface area contributed by atoms with Crippen LogP contribution in [-0.2, 0) is 9.53 Å². The monoisotopic (exact) mass is 269 g/mol. The number of rotatable bonds is 5. The fraction of sp³-hybridized carbons (Fsp3) is 0.385. The van der Waals surface area contributed by atoms with Crippen molar-refractivity contribution < 1.29 is 14.3 Å². The molecule has 1 N–H and O–H groups in total. The molecule has 4 nitrogen and oxygen atoms in total. The van der Waals surface area contributed by atoms with E-state index in [1.54, 1.807) is 19.1 Å². The second kappa shape index (κ2) is 7.01. The van der Waals surface area contributed by atoms with E-state index >= 15 is 0 Å². The summed E-state index contributed by atoms with van der Waals surface area (Å²) in [4.78, 5) is 22.9. The van der Waals surface area contributed by atoms with Crippen LogP contribution < -0.4 is 5.32 Å². The Morgan fingerprint density at radius 3 is 2.78 bits per heavy atom. The average molecular weight is 270 g/mol. The van der Waals surface area contributed by atoms with Crippen molar-refractivity contribution in [3.05, 3.63) is 34.3 Å². The maximum atomic E-state index is 11.8. The summed E-state index contributed by atoms with van der Waals surface area (Å²) in [5, 5.41) is 3.07. The molecular weight excluding hydrogens is 254 g/mol. The molecule has 5 heteroatoms. The van der Waals surface area contributed by atoms with Crippen LogP contribution in [0.25, 0.3) is 0 Å². The van der Waals surface area contributed by atoms with Gasteiger partial charge in [-0.2, -0.15) is 0 Å². The van der Waals surface area contributed by atoms with Crippen molar-refractivity contribution in [1.29, 1.82) is 0 Å². The second-order valence-corrected chi connectivity index (χ2v) is 4.13. The molecule has 0 bridgehead atoms. The summed E-state index contributed by atoms with van der Waals surface area (Å²) in [6, 6.07) is 5.24. The number of halogens is 1. The zero-order valence-electron chi connectivity index (χ0n) is 10.5. The van der Waals surface area contributed by atoms with Gasteiger partial charge in [0.2, 0.25) is 0 Å². The molecule has 0 spiro atoms. The molecule has 0 fully saturated rings. The number of amides is 1. The Bertz CT molecular complexity index is 446. The molecule has 0 aromatic heterocycles. The number of benzene rings is 1. The molecule has 1 rings (SSSR count). The molecule has 0 aliphatic rings. The molecule has 0 heterocycles. The van der Waals surface area contributed by atoms with Crippen LogP contribution >= 0.6 is 11.6 Å². The SMILES string of the molecule is CCOC(=O)CCNC(=O)c1cccc(C)c1Cl. The summed E-state index contributed by atoms with van der Waals surface area (Å²) in [6.07, 6.45) is 0.156. The van der Waals surface area contributed by atoms with Crippen molar-refractivity contribution in [2.75, 3.05) is 13.2 Å². The van der Waals surface area contributed by atoms with Gasteiger partial charge in [-0.05, 0) is 25.5 Å². The van der Waals surface area contributed by atoms with Crippen LogP contribution in [0, 0.1) is 6.92 Å². The molecule has 98 valence electrons. The first-order valence-corrected chi connectivity index (χ1v) is 6.13. The van der Waals surface area contributed by atoms with Crippen LogP contribution in [0.3, 0.4) is 0 Å². The van der Waals surface area contributed by atoms with Gasteiger partial charge < -0.3 is 10.1 Å². The number of nitrogens with one attached hydrogen (secondary N) is 1. The predicted octanol–water partition coefficient (Wildman–Crippen LogP) is 2.33. The molecule has 1 aromatic carbocycles. The lowest BCUT2D eigenvalue weighted by Gasteiger charge is -2.08. The van der Waals surface area contributed by atoms with Gasteiger partial charge in [0.1, 0.15) is 0 Å². The third-order valence-corrected chi connectivity index (χ3v) is 2.86. The van der Waals surface area contributed by atoms with Gasteiger partial charge in [-0.25, -0.2) is 0 Å². The van der Waals surface area contributed by atoms with E-state index in [4.69, 9.17) is 16.3 Å². The number of ether oxygens (including phenoxy) is 1. The van der Waals surface area contributed by atoms with E-state index in [0.29, 0.717) is 17.2 Å². The number of carbonyl (C=O) groups is 2. The van der Waals surface area contributed by atoms with Crippen molar-refractivity contribution >= 4 is 23.5 Å². The van der Waals surface area contributed by atoms with Gasteiger partial charge in [0, 0.05) is 6.54 Å². The Labute approximate surface area is 111 Å². The maximum absolute atomic E-state index is 11.8. The molecular formula is C13H16ClNO3. The topological polar surface area (TPSA) is 55.4 Å². The quantitative estimate of drug-likeness (QED) is 0.835. The number of carbonyl (C=O) groups excluding carboxylic acids is 2. The van der Waals surface area contributed by atoms with Gasteiger partial charge in [-0.15, -0.1) is 0 Å². The Balaban J connectivity index is 2.51. The van der Waals surface area contributed by atoms with Crippen molar-refractivity contribution in [2.24, 2.45) is 0 Å². The van der Waals surface area contributed by atoms with Crippen LogP contribution in [0.15, 0.2) is 18.2 Å². The largest absolute Gasteiger partial charge is 0.466 e. The standard InChI is InChI=1S/C13H16ClNO3/c1-3-18-11(16)7-8-15-13(17)10-6-4-5-9(2)12(10)14/h4-6H,3,7-8H2,1-2H3,(H,15,17). The first-order chi connectivity index (χ1) is 8.56. The van der Waals surface area contributed by atoms with Gasteiger partial charge in [0.05, 0.1) is 23.6 Å². The zero-order valence-corrected chi connectivity index (χ0v) is 11.2. The van der Waals surface area contributed by atoms with Crippen molar-refractivity contribution in [3.8, 4) is 0 Å². The molecule has 1 amide bonds. The van der Waals surface area contributed by atoms with Gasteiger partial charge in [0.15, 0.2) is 0 Å². The Morgan fingerprint density at radius 1 is 1.39 bits per heavy atom. The smallest absolute Gasteiger partial charge is 0.307 e. The lowest BCUT2D eigenvalue weighted by atomic mass is 10.1. The lowest BCUT2D eigenvalue weighted by molar-refractivity contribution is -0.142. The molecule has 18 heavy (non-hydrogen) atoms. The Morgan fingerprint density at radius 2 is 2.11 bits per heavy atom. The van der Waals surface area contributed by atoms with Crippen molar-refractivity contribution in [1.82, 2.24) is 5.32 Å². The third-order valence-electron chi connectivity index (χ3n) is 2.36. The van der Waals surface area contributed by atoms with E-state index in [1.807, 2.05) is 13.0 Å². The average Bonchev–Trinajstić information content (AvgIpc) is 2.33. The van der Waals surface area contributed by atoms with Crippen LogP contribution in [-0.4, -0.2) is 25.0 Å². The number of hydrogen-bond acceptors (Lipinski definition) is 3. The maximum Gasteiger partial charge on any atom is 0.307 e. The van der Waals surface area contributed by atoms with Crippen LogP contribution in [0.5, 0.6) is 0 Å². The van der Waals surface area contributed by atoms with Crippen molar-refractivity contribution in [2.45, 2.75) is 20.3 Å². The van der Waals surface area contributed by atoms with Gasteiger partial charge >= 0.3 is 5.97 Å². The highest BCUT2D eigenvalue weighted by Crippen LogP contribution is 2.19. The summed E-state index contributed by atoms with van der Waals surface area (Å²) in [5.41, 5.74) is 1.26. The molecule has 0 unspecified atom stereocenters. The summed E-state index contributed by atoms with van der Waals surface area (Å²) < 4.78 is 4.76. The number of hydrogen-bond donors (Lipinski definition) is 1. The molecule has 0 radical (unpaired) electrons.